The standard InChI is InChI=1S/C16H16O5/c1-19-21-20-9-10-5-4-8-13-14(10)16(18)12-7-3-2-6-11(12)15(13)17/h2-3,6-7,10H,4-5,8-9H2,1H3. The maximum Gasteiger partial charge on any atom is 0.190 e. The molecule has 0 aromatic heterocycles. The topological polar surface area (TPSA) is 61.8 Å². The van der Waals surface area contributed by atoms with Crippen LogP contribution in [0.5, 0.6) is 0 Å². The van der Waals surface area contributed by atoms with Gasteiger partial charge < -0.3 is 0 Å². The van der Waals surface area contributed by atoms with Gasteiger partial charge >= 0.3 is 0 Å². The zero-order chi connectivity index (χ0) is 14.8. The second-order valence-electron chi connectivity index (χ2n) is 5.20. The van der Waals surface area contributed by atoms with Crippen molar-refractivity contribution in [1.29, 1.82) is 0 Å². The second kappa shape index (κ2) is 5.89. The van der Waals surface area contributed by atoms with Crippen LogP contribution in [-0.2, 0) is 14.8 Å². The van der Waals surface area contributed by atoms with E-state index in [1.165, 1.54) is 7.11 Å². The summed E-state index contributed by atoms with van der Waals surface area (Å²) in [6.07, 6.45) is 2.31. The first-order valence-corrected chi connectivity index (χ1v) is 6.97. The fourth-order valence-corrected chi connectivity index (χ4v) is 3.12. The Balaban J connectivity index is 1.96. The third-order valence-corrected chi connectivity index (χ3v) is 4.03. The molecule has 0 saturated carbocycles. The van der Waals surface area contributed by atoms with Crippen LogP contribution in [0, 0.1) is 5.92 Å². The van der Waals surface area contributed by atoms with Gasteiger partial charge in [0.05, 0.1) is 13.7 Å². The van der Waals surface area contributed by atoms with Gasteiger partial charge in [-0.05, 0) is 19.3 Å². The Labute approximate surface area is 122 Å². The molecule has 21 heavy (non-hydrogen) atoms. The van der Waals surface area contributed by atoms with Crippen molar-refractivity contribution in [2.45, 2.75) is 19.3 Å². The number of carbonyl (C=O) groups is 2. The summed E-state index contributed by atoms with van der Waals surface area (Å²) >= 11 is 0. The molecule has 0 N–H and O–H groups in total. The molecule has 0 spiro atoms. The summed E-state index contributed by atoms with van der Waals surface area (Å²) in [5, 5.41) is 4.43. The van der Waals surface area contributed by atoms with Gasteiger partial charge in [-0.3, -0.25) is 9.59 Å². The molecule has 0 amide bonds. The summed E-state index contributed by atoms with van der Waals surface area (Å²) in [6, 6.07) is 6.98. The maximum absolute atomic E-state index is 12.7. The number of rotatable bonds is 4. The number of Topliss-reactive ketones (excluding diaryl/α,β-unsaturated/α-hetero) is 2. The Bertz CT molecular complexity index is 617. The Hall–Kier alpha value is -1.82. The number of benzene rings is 1. The third-order valence-electron chi connectivity index (χ3n) is 4.03. The quantitative estimate of drug-likeness (QED) is 0.484. The lowest BCUT2D eigenvalue weighted by molar-refractivity contribution is -0.504. The number of ketones is 2. The van der Waals surface area contributed by atoms with Crippen LogP contribution in [0.2, 0.25) is 0 Å². The van der Waals surface area contributed by atoms with Crippen LogP contribution in [0.3, 0.4) is 0 Å². The monoisotopic (exact) mass is 288 g/mol. The first-order valence-electron chi connectivity index (χ1n) is 6.97. The van der Waals surface area contributed by atoms with E-state index >= 15 is 0 Å². The molecule has 0 heterocycles. The Kier molecular flexibility index (Phi) is 3.96. The van der Waals surface area contributed by atoms with E-state index in [2.05, 4.69) is 9.93 Å². The predicted octanol–water partition coefficient (Wildman–Crippen LogP) is 2.67. The molecule has 3 rings (SSSR count). The van der Waals surface area contributed by atoms with Crippen molar-refractivity contribution >= 4 is 11.6 Å². The summed E-state index contributed by atoms with van der Waals surface area (Å²) in [7, 11) is 1.34. The number of hydrogen-bond acceptors (Lipinski definition) is 5. The normalized spacial score (nSPS) is 21.3. The number of carbonyl (C=O) groups excluding carboxylic acids is 2. The Morgan fingerprint density at radius 2 is 1.86 bits per heavy atom. The summed E-state index contributed by atoms with van der Waals surface area (Å²) < 4.78 is 0. The zero-order valence-corrected chi connectivity index (χ0v) is 11.8. The smallest absolute Gasteiger partial charge is 0.190 e. The third kappa shape index (κ3) is 2.44. The highest BCUT2D eigenvalue weighted by Crippen LogP contribution is 2.38. The fourth-order valence-electron chi connectivity index (χ4n) is 3.12. The molecule has 0 saturated heterocycles. The van der Waals surface area contributed by atoms with Crippen molar-refractivity contribution in [3.05, 3.63) is 46.5 Å². The minimum atomic E-state index is -0.131. The summed E-state index contributed by atoms with van der Waals surface area (Å²) in [5.41, 5.74) is 2.22. The lowest BCUT2D eigenvalue weighted by atomic mass is 9.73. The van der Waals surface area contributed by atoms with Gasteiger partial charge in [-0.1, -0.05) is 29.3 Å². The SMILES string of the molecule is COOOCC1CCCC2=C1C(=O)c1ccccc1C2=O. The van der Waals surface area contributed by atoms with Gasteiger partial charge in [0.2, 0.25) is 0 Å². The van der Waals surface area contributed by atoms with E-state index in [0.717, 1.165) is 12.8 Å². The van der Waals surface area contributed by atoms with Crippen LogP contribution in [0.15, 0.2) is 35.4 Å². The van der Waals surface area contributed by atoms with Crippen molar-refractivity contribution in [3.63, 3.8) is 0 Å². The van der Waals surface area contributed by atoms with E-state index in [4.69, 9.17) is 4.89 Å². The van der Waals surface area contributed by atoms with Crippen molar-refractivity contribution in [2.75, 3.05) is 13.7 Å². The van der Waals surface area contributed by atoms with E-state index in [-0.39, 0.29) is 24.1 Å². The molecule has 0 radical (unpaired) electrons. The highest BCUT2D eigenvalue weighted by atomic mass is 17.5. The van der Waals surface area contributed by atoms with E-state index in [1.807, 2.05) is 0 Å². The molecule has 1 aromatic rings. The van der Waals surface area contributed by atoms with E-state index in [9.17, 15) is 9.59 Å². The van der Waals surface area contributed by atoms with Gasteiger partial charge in [0, 0.05) is 28.2 Å². The minimum Gasteiger partial charge on any atom is -0.289 e. The predicted molar refractivity (Wildman–Crippen MR) is 73.5 cm³/mol. The Morgan fingerprint density at radius 3 is 2.57 bits per heavy atom. The molecule has 2 aliphatic carbocycles. The van der Waals surface area contributed by atoms with E-state index in [0.29, 0.717) is 28.7 Å². The highest BCUT2D eigenvalue weighted by Gasteiger charge is 2.37. The summed E-state index contributed by atoms with van der Waals surface area (Å²) in [6.45, 7) is 0.202. The van der Waals surface area contributed by atoms with E-state index < -0.39 is 0 Å². The molecular formula is C16H16O5. The lowest BCUT2D eigenvalue weighted by Gasteiger charge is -2.30. The fraction of sp³-hybridized carbons (Fsp3) is 0.375. The average molecular weight is 288 g/mol. The van der Waals surface area contributed by atoms with Gasteiger partial charge in [0.15, 0.2) is 11.6 Å². The molecular weight excluding hydrogens is 272 g/mol. The van der Waals surface area contributed by atoms with Crippen molar-refractivity contribution in [3.8, 4) is 0 Å². The number of hydrogen-bond donors (Lipinski definition) is 0. The van der Waals surface area contributed by atoms with Crippen LogP contribution in [0.25, 0.3) is 0 Å². The van der Waals surface area contributed by atoms with Crippen molar-refractivity contribution < 1.29 is 24.4 Å². The maximum atomic E-state index is 12.7. The molecule has 2 aliphatic rings. The first kappa shape index (κ1) is 14.1. The van der Waals surface area contributed by atoms with Crippen LogP contribution in [0.1, 0.15) is 40.0 Å². The van der Waals surface area contributed by atoms with E-state index in [1.54, 1.807) is 24.3 Å². The zero-order valence-electron chi connectivity index (χ0n) is 11.8. The number of fused-ring (bicyclic) bond motifs is 1. The Morgan fingerprint density at radius 1 is 1.14 bits per heavy atom. The van der Waals surface area contributed by atoms with Crippen LogP contribution in [0.4, 0.5) is 0 Å². The molecule has 0 aliphatic heterocycles. The largest absolute Gasteiger partial charge is 0.289 e. The average Bonchev–Trinajstić information content (AvgIpc) is 2.53. The van der Waals surface area contributed by atoms with Gasteiger partial charge in [-0.2, -0.15) is 0 Å². The van der Waals surface area contributed by atoms with Crippen molar-refractivity contribution in [1.82, 2.24) is 0 Å². The highest BCUT2D eigenvalue weighted by molar-refractivity contribution is 6.27. The van der Waals surface area contributed by atoms with Crippen LogP contribution < -0.4 is 0 Å². The van der Waals surface area contributed by atoms with Gasteiger partial charge in [-0.15, -0.1) is 0 Å². The van der Waals surface area contributed by atoms with Crippen LogP contribution in [-0.4, -0.2) is 25.3 Å². The molecule has 110 valence electrons. The molecule has 1 unspecified atom stereocenters. The molecule has 1 aromatic carbocycles. The van der Waals surface area contributed by atoms with Crippen molar-refractivity contribution in [2.24, 2.45) is 5.92 Å². The number of allylic oxidation sites excluding steroid dienone is 1. The van der Waals surface area contributed by atoms with Crippen LogP contribution >= 0.6 is 0 Å². The van der Waals surface area contributed by atoms with Gasteiger partial charge in [0.1, 0.15) is 0 Å². The van der Waals surface area contributed by atoms with Gasteiger partial charge in [-0.25, -0.2) is 9.78 Å². The molecule has 1 atom stereocenters. The summed E-state index contributed by atoms with van der Waals surface area (Å²) in [5.74, 6) is -0.225. The molecule has 5 nitrogen and oxygen atoms in total. The minimum absolute atomic E-state index is 0.0300. The summed E-state index contributed by atoms with van der Waals surface area (Å²) in [4.78, 5) is 34.6. The second-order valence-corrected chi connectivity index (χ2v) is 5.20. The van der Waals surface area contributed by atoms with Gasteiger partial charge in [0.25, 0.3) is 0 Å². The first-order chi connectivity index (χ1) is 10.2. The molecule has 0 bridgehead atoms. The lowest BCUT2D eigenvalue weighted by Crippen LogP contribution is -2.31. The molecule has 0 fully saturated rings. The molecule has 5 heteroatoms.